The Morgan fingerprint density at radius 2 is 1.34 bits per heavy atom. The van der Waals surface area contributed by atoms with Gasteiger partial charge in [-0.3, -0.25) is 19.8 Å². The van der Waals surface area contributed by atoms with Crippen LogP contribution < -0.4 is 36.9 Å². The highest BCUT2D eigenvalue weighted by atomic mass is 16.7. The number of nitrogens with two attached hydrogens (primary N) is 2. The van der Waals surface area contributed by atoms with Gasteiger partial charge in [-0.1, -0.05) is 0 Å². The molecule has 1 saturated heterocycles. The van der Waals surface area contributed by atoms with E-state index in [-0.39, 0.29) is 56.0 Å². The maximum Gasteiger partial charge on any atom is 0.343 e. The SMILES string of the molecule is CO[C@@H]1C(CO)C[C@@H](O[C@@H]2C(CO)O[C@@H](O[C@@H]3C(CO)C[C@@H](OC)[C@@H](N)C3O)C(NC(=O)CCC(=O)NCCCOc3ccc(C(=O)Oc4ccc(C(=N)N)cc4)cc3)[C@H]2O)[C@@H](NC(C)=O)C1O. The standard InChI is InChI=1S/C45H66N6O17/c1-22(55)50-35-30(18-25(19-52)40(63-3)38(35)59)66-42-31(21-54)67-45(68-41-26(20-53)17-29(62-2)34(46)37(41)58)36(39(42)60)51-33(57)14-13-32(56)49-15-4-16-64-27-9-7-24(8-10-27)44(61)65-28-11-5-23(6-12-28)43(47)48/h5-12,25-26,29-31,34-42,45,52-54,58-60H,4,13-21,46H2,1-3H3,(H3,47,48)(H,49,56)(H,50,55)(H,51,57)/t25?,26?,29-,30-,31?,34-,35-,36?,37?,38?,39-,40-,41-,42-,45+/m1/s1. The first-order valence-electron chi connectivity index (χ1n) is 22.4. The molecule has 1 heterocycles. The highest BCUT2D eigenvalue weighted by Gasteiger charge is 2.53. The first kappa shape index (κ1) is 54.1. The molecule has 2 aromatic rings. The Balaban J connectivity index is 1.19. The quantitative estimate of drug-likeness (QED) is 0.0186. The van der Waals surface area contributed by atoms with Crippen molar-refractivity contribution in [1.82, 2.24) is 16.0 Å². The van der Waals surface area contributed by atoms with Gasteiger partial charge in [-0.2, -0.15) is 0 Å². The molecule has 68 heavy (non-hydrogen) atoms. The second-order valence-corrected chi connectivity index (χ2v) is 17.1. The highest BCUT2D eigenvalue weighted by Crippen LogP contribution is 2.36. The van der Waals surface area contributed by atoms with Crippen molar-refractivity contribution in [2.75, 3.05) is 47.2 Å². The number of hydrogen-bond acceptors (Lipinski definition) is 19. The third-order valence-electron chi connectivity index (χ3n) is 12.4. The molecule has 23 nitrogen and oxygen atoms in total. The van der Waals surface area contributed by atoms with Gasteiger partial charge in [0, 0.05) is 71.1 Å². The molecule has 378 valence electrons. The molecule has 2 aromatic carbocycles. The average molecular weight is 963 g/mol. The van der Waals surface area contributed by atoms with E-state index in [1.807, 2.05) is 0 Å². The summed E-state index contributed by atoms with van der Waals surface area (Å²) in [5, 5.41) is 80.9. The lowest BCUT2D eigenvalue weighted by Crippen LogP contribution is -2.69. The number of nitrogens with one attached hydrogen (secondary N) is 4. The number of nitrogen functional groups attached to an aromatic ring is 1. The first-order valence-corrected chi connectivity index (χ1v) is 22.4. The molecule has 3 amide bonds. The van der Waals surface area contributed by atoms with Gasteiger partial charge in [0.1, 0.15) is 47.8 Å². The predicted octanol–water partition coefficient (Wildman–Crippen LogP) is -2.83. The summed E-state index contributed by atoms with van der Waals surface area (Å²) in [4.78, 5) is 51.2. The average Bonchev–Trinajstić information content (AvgIpc) is 3.32. The number of ether oxygens (including phenoxy) is 7. The summed E-state index contributed by atoms with van der Waals surface area (Å²) in [6.07, 6.45) is -12.8. The summed E-state index contributed by atoms with van der Waals surface area (Å²) in [7, 11) is 2.75. The number of rotatable bonds is 22. The summed E-state index contributed by atoms with van der Waals surface area (Å²) in [5.74, 6) is -3.08. The van der Waals surface area contributed by atoms with Gasteiger partial charge in [0.25, 0.3) is 0 Å². The fraction of sp³-hybridized carbons (Fsp3) is 0.622. The molecular formula is C45H66N6O17. The van der Waals surface area contributed by atoms with E-state index in [1.54, 1.807) is 24.3 Å². The molecule has 1 aliphatic heterocycles. The number of hydrogen-bond donors (Lipinski definition) is 12. The molecule has 0 radical (unpaired) electrons. The summed E-state index contributed by atoms with van der Waals surface area (Å²) < 4.78 is 40.6. The van der Waals surface area contributed by atoms with Crippen LogP contribution in [-0.4, -0.2) is 187 Å². The van der Waals surface area contributed by atoms with Gasteiger partial charge in [-0.25, -0.2) is 4.79 Å². The molecule has 3 aliphatic rings. The third-order valence-corrected chi connectivity index (χ3v) is 12.4. The second-order valence-electron chi connectivity index (χ2n) is 17.1. The van der Waals surface area contributed by atoms with Crippen molar-refractivity contribution in [2.24, 2.45) is 23.3 Å². The summed E-state index contributed by atoms with van der Waals surface area (Å²) in [6, 6.07) is 8.90. The van der Waals surface area contributed by atoms with Crippen molar-refractivity contribution in [1.29, 1.82) is 5.41 Å². The Morgan fingerprint density at radius 3 is 1.94 bits per heavy atom. The molecule has 0 aromatic heterocycles. The van der Waals surface area contributed by atoms with Crippen molar-refractivity contribution in [3.05, 3.63) is 59.7 Å². The lowest BCUT2D eigenvalue weighted by molar-refractivity contribution is -0.314. The van der Waals surface area contributed by atoms with Crippen LogP contribution in [0, 0.1) is 17.2 Å². The number of carbonyl (C=O) groups excluding carboxylic acids is 4. The van der Waals surface area contributed by atoms with Crippen molar-refractivity contribution in [2.45, 2.75) is 118 Å². The van der Waals surface area contributed by atoms with E-state index in [1.165, 1.54) is 45.4 Å². The molecular weight excluding hydrogens is 897 g/mol. The third kappa shape index (κ3) is 13.9. The molecule has 14 N–H and O–H groups in total. The molecule has 0 spiro atoms. The topological polar surface area (TPSA) is 366 Å². The fourth-order valence-electron chi connectivity index (χ4n) is 8.76. The fourth-order valence-corrected chi connectivity index (χ4v) is 8.76. The van der Waals surface area contributed by atoms with Gasteiger partial charge in [0.2, 0.25) is 17.7 Å². The minimum absolute atomic E-state index is 0.0226. The summed E-state index contributed by atoms with van der Waals surface area (Å²) in [5.41, 5.74) is 12.5. The Bertz CT molecular complexity index is 1960. The Labute approximate surface area is 393 Å². The van der Waals surface area contributed by atoms with Crippen LogP contribution in [0.5, 0.6) is 11.5 Å². The summed E-state index contributed by atoms with van der Waals surface area (Å²) >= 11 is 0. The van der Waals surface area contributed by atoms with E-state index >= 15 is 0 Å². The van der Waals surface area contributed by atoms with E-state index in [0.717, 1.165) is 0 Å². The lowest BCUT2D eigenvalue weighted by Gasteiger charge is -2.50. The maximum atomic E-state index is 13.5. The van der Waals surface area contributed by atoms with Gasteiger partial charge in [0.05, 0.1) is 61.4 Å². The molecule has 2 saturated carbocycles. The minimum atomic E-state index is -1.73. The molecule has 6 unspecified atom stereocenters. The van der Waals surface area contributed by atoms with E-state index < -0.39 is 135 Å². The number of carbonyl (C=O) groups is 4. The van der Waals surface area contributed by atoms with Crippen LogP contribution >= 0.6 is 0 Å². The molecule has 0 bridgehead atoms. The van der Waals surface area contributed by atoms with Gasteiger partial charge >= 0.3 is 5.97 Å². The van der Waals surface area contributed by atoms with Crippen molar-refractivity contribution < 1.29 is 83.0 Å². The number of aliphatic hydroxyl groups is 6. The Kier molecular flexibility index (Phi) is 20.4. The van der Waals surface area contributed by atoms with E-state index in [9.17, 15) is 49.8 Å². The van der Waals surface area contributed by atoms with Crippen LogP contribution in [0.2, 0.25) is 0 Å². The molecule has 3 fully saturated rings. The van der Waals surface area contributed by atoms with E-state index in [4.69, 9.17) is 50.0 Å². The zero-order valence-corrected chi connectivity index (χ0v) is 38.2. The molecule has 5 rings (SSSR count). The van der Waals surface area contributed by atoms with Crippen molar-refractivity contribution in [3.63, 3.8) is 0 Å². The summed E-state index contributed by atoms with van der Waals surface area (Å²) in [6.45, 7) is -0.0231. The van der Waals surface area contributed by atoms with Crippen LogP contribution in [0.3, 0.4) is 0 Å². The van der Waals surface area contributed by atoms with Gasteiger partial charge in [0.15, 0.2) is 6.29 Å². The van der Waals surface area contributed by atoms with Gasteiger partial charge in [-0.15, -0.1) is 0 Å². The number of esters is 1. The minimum Gasteiger partial charge on any atom is -0.494 e. The number of methoxy groups -OCH3 is 2. The van der Waals surface area contributed by atoms with Crippen molar-refractivity contribution in [3.8, 4) is 11.5 Å². The number of amides is 3. The van der Waals surface area contributed by atoms with E-state index in [0.29, 0.717) is 17.7 Å². The van der Waals surface area contributed by atoms with Gasteiger partial charge < -0.3 is 91.2 Å². The largest absolute Gasteiger partial charge is 0.494 e. The highest BCUT2D eigenvalue weighted by molar-refractivity contribution is 5.95. The number of aliphatic hydroxyl groups excluding tert-OH is 6. The maximum absolute atomic E-state index is 13.5. The zero-order valence-electron chi connectivity index (χ0n) is 38.2. The van der Waals surface area contributed by atoms with Crippen LogP contribution in [-0.2, 0) is 38.1 Å². The second kappa shape index (κ2) is 25.6. The van der Waals surface area contributed by atoms with E-state index in [2.05, 4.69) is 16.0 Å². The molecule has 15 atom stereocenters. The van der Waals surface area contributed by atoms with Gasteiger partial charge in [-0.05, 0) is 67.8 Å². The number of benzene rings is 2. The van der Waals surface area contributed by atoms with Crippen LogP contribution in [0.1, 0.15) is 54.9 Å². The normalized spacial score (nSPS) is 31.5. The van der Waals surface area contributed by atoms with Crippen LogP contribution in [0.25, 0.3) is 0 Å². The number of amidine groups is 1. The smallest absolute Gasteiger partial charge is 0.343 e. The predicted molar refractivity (Wildman–Crippen MR) is 238 cm³/mol. The molecule has 2 aliphatic carbocycles. The van der Waals surface area contributed by atoms with Crippen molar-refractivity contribution >= 4 is 29.5 Å². The Hall–Kier alpha value is -4.89. The molecule has 23 heteroatoms. The monoisotopic (exact) mass is 962 g/mol. The first-order chi connectivity index (χ1) is 32.5. The van der Waals surface area contributed by atoms with Crippen LogP contribution in [0.4, 0.5) is 0 Å². The van der Waals surface area contributed by atoms with Crippen LogP contribution in [0.15, 0.2) is 48.5 Å². The lowest BCUT2D eigenvalue weighted by atomic mass is 9.79. The zero-order chi connectivity index (χ0) is 49.7. The Morgan fingerprint density at radius 1 is 0.735 bits per heavy atom.